The monoisotopic (exact) mass is 181 g/mol. The summed E-state index contributed by atoms with van der Waals surface area (Å²) in [7, 11) is 0. The van der Waals surface area contributed by atoms with Crippen LogP contribution >= 0.6 is 0 Å². The Balaban J connectivity index is 2.44. The van der Waals surface area contributed by atoms with Gasteiger partial charge in [-0.3, -0.25) is 5.73 Å². The average molecular weight is 181 g/mol. The molecule has 2 nitrogen and oxygen atoms in total. The maximum atomic E-state index is 13.2. The Bertz CT molecular complexity index is 336. The van der Waals surface area contributed by atoms with Crippen molar-refractivity contribution in [2.45, 2.75) is 25.5 Å². The van der Waals surface area contributed by atoms with Crippen molar-refractivity contribution in [3.05, 3.63) is 29.6 Å². The second kappa shape index (κ2) is 2.70. The summed E-state index contributed by atoms with van der Waals surface area (Å²) in [6.07, 6.45) is 1.50. The molecule has 0 bridgehead atoms. The molecule has 1 unspecified atom stereocenters. The lowest BCUT2D eigenvalue weighted by molar-refractivity contribution is 0.0666. The minimum absolute atomic E-state index is 0.318. The molecule has 13 heavy (non-hydrogen) atoms. The highest BCUT2D eigenvalue weighted by molar-refractivity contribution is 5.37. The molecule has 0 spiro atoms. The molecule has 1 heterocycles. The summed E-state index contributed by atoms with van der Waals surface area (Å²) in [4.78, 5) is 0. The molecule has 1 atom stereocenters. The van der Waals surface area contributed by atoms with Gasteiger partial charge < -0.3 is 4.74 Å². The summed E-state index contributed by atoms with van der Waals surface area (Å²) in [5.74, 6) is -0.00683. The zero-order valence-corrected chi connectivity index (χ0v) is 7.51. The lowest BCUT2D eigenvalue weighted by atomic mass is 9.99. The quantitative estimate of drug-likeness (QED) is 0.662. The molecular formula is C10H12FNO. The summed E-state index contributed by atoms with van der Waals surface area (Å²) in [6.45, 7) is 1.77. The number of halogens is 1. The van der Waals surface area contributed by atoms with Gasteiger partial charge in [-0.1, -0.05) is 12.1 Å². The van der Waals surface area contributed by atoms with Crippen molar-refractivity contribution in [2.75, 3.05) is 0 Å². The van der Waals surface area contributed by atoms with Gasteiger partial charge in [-0.05, 0) is 25.0 Å². The van der Waals surface area contributed by atoms with E-state index in [0.29, 0.717) is 5.75 Å². The topological polar surface area (TPSA) is 35.2 Å². The fourth-order valence-electron chi connectivity index (χ4n) is 1.53. The third-order valence-electron chi connectivity index (χ3n) is 2.27. The summed E-state index contributed by atoms with van der Waals surface area (Å²) in [5.41, 5.74) is 5.95. The van der Waals surface area contributed by atoms with E-state index in [1.165, 1.54) is 6.07 Å². The molecular weight excluding hydrogens is 169 g/mol. The molecule has 2 N–H and O–H groups in total. The molecule has 0 radical (unpaired) electrons. The molecule has 1 aromatic rings. The number of aryl methyl sites for hydroxylation is 1. The molecule has 0 fully saturated rings. The van der Waals surface area contributed by atoms with Gasteiger partial charge in [-0.25, -0.2) is 4.39 Å². The van der Waals surface area contributed by atoms with Gasteiger partial charge in [-0.2, -0.15) is 0 Å². The number of hydrogen-bond donors (Lipinski definition) is 1. The molecule has 0 saturated carbocycles. The average Bonchev–Trinajstić information content (AvgIpc) is 2.06. The van der Waals surface area contributed by atoms with Crippen LogP contribution in [0.1, 0.15) is 18.9 Å². The lowest BCUT2D eigenvalue weighted by Crippen LogP contribution is -2.45. The Morgan fingerprint density at radius 3 is 3.08 bits per heavy atom. The van der Waals surface area contributed by atoms with Crippen LogP contribution in [0.5, 0.6) is 5.75 Å². The van der Waals surface area contributed by atoms with Crippen LogP contribution in [-0.4, -0.2) is 5.72 Å². The Morgan fingerprint density at radius 2 is 2.31 bits per heavy atom. The van der Waals surface area contributed by atoms with Crippen LogP contribution in [-0.2, 0) is 6.42 Å². The van der Waals surface area contributed by atoms with Crippen LogP contribution in [0.25, 0.3) is 0 Å². The maximum absolute atomic E-state index is 13.2. The molecule has 3 heteroatoms. The van der Waals surface area contributed by atoms with E-state index in [-0.39, 0.29) is 5.82 Å². The first-order chi connectivity index (χ1) is 6.08. The highest BCUT2D eigenvalue weighted by Gasteiger charge is 2.28. The van der Waals surface area contributed by atoms with Crippen LogP contribution < -0.4 is 10.5 Å². The number of hydrogen-bond acceptors (Lipinski definition) is 2. The van der Waals surface area contributed by atoms with Gasteiger partial charge >= 0.3 is 0 Å². The van der Waals surface area contributed by atoms with Crippen LogP contribution in [0.15, 0.2) is 18.2 Å². The molecule has 1 aromatic carbocycles. The predicted molar refractivity (Wildman–Crippen MR) is 47.9 cm³/mol. The molecule has 0 saturated heterocycles. The smallest absolute Gasteiger partial charge is 0.165 e. The van der Waals surface area contributed by atoms with Crippen molar-refractivity contribution in [3.8, 4) is 5.75 Å². The molecule has 1 aliphatic rings. The second-order valence-electron chi connectivity index (χ2n) is 3.64. The standard InChI is InChI=1S/C10H12FNO/c1-10(12)6-5-7-3-2-4-8(11)9(7)13-10/h2-4H,5-6,12H2,1H3. The van der Waals surface area contributed by atoms with Gasteiger partial charge in [0.25, 0.3) is 0 Å². The lowest BCUT2D eigenvalue weighted by Gasteiger charge is -2.32. The minimum atomic E-state index is -0.727. The van der Waals surface area contributed by atoms with Crippen molar-refractivity contribution in [2.24, 2.45) is 5.73 Å². The number of ether oxygens (including phenoxy) is 1. The molecule has 0 amide bonds. The highest BCUT2D eigenvalue weighted by atomic mass is 19.1. The van der Waals surface area contributed by atoms with Gasteiger partial charge in [0.05, 0.1) is 0 Å². The van der Waals surface area contributed by atoms with E-state index in [0.717, 1.165) is 18.4 Å². The van der Waals surface area contributed by atoms with Crippen molar-refractivity contribution >= 4 is 0 Å². The van der Waals surface area contributed by atoms with E-state index in [1.807, 2.05) is 6.07 Å². The summed E-state index contributed by atoms with van der Waals surface area (Å²) >= 11 is 0. The third kappa shape index (κ3) is 1.52. The molecule has 0 aromatic heterocycles. The molecule has 2 rings (SSSR count). The van der Waals surface area contributed by atoms with E-state index in [1.54, 1.807) is 13.0 Å². The summed E-state index contributed by atoms with van der Waals surface area (Å²) < 4.78 is 18.6. The van der Waals surface area contributed by atoms with Crippen molar-refractivity contribution < 1.29 is 9.13 Å². The van der Waals surface area contributed by atoms with Crippen LogP contribution in [0, 0.1) is 5.82 Å². The molecule has 70 valence electrons. The van der Waals surface area contributed by atoms with E-state index < -0.39 is 5.72 Å². The van der Waals surface area contributed by atoms with Crippen molar-refractivity contribution in [3.63, 3.8) is 0 Å². The summed E-state index contributed by atoms with van der Waals surface area (Å²) in [6, 6.07) is 4.95. The van der Waals surface area contributed by atoms with Gasteiger partial charge in [0.2, 0.25) is 0 Å². The SMILES string of the molecule is CC1(N)CCc2cccc(F)c2O1. The Kier molecular flexibility index (Phi) is 1.77. The van der Waals surface area contributed by atoms with Crippen molar-refractivity contribution in [1.82, 2.24) is 0 Å². The largest absolute Gasteiger partial charge is 0.470 e. The Morgan fingerprint density at radius 1 is 1.54 bits per heavy atom. The third-order valence-corrected chi connectivity index (χ3v) is 2.27. The van der Waals surface area contributed by atoms with Gasteiger partial charge in [0.1, 0.15) is 0 Å². The van der Waals surface area contributed by atoms with E-state index in [2.05, 4.69) is 0 Å². The van der Waals surface area contributed by atoms with Crippen LogP contribution in [0.4, 0.5) is 4.39 Å². The first-order valence-corrected chi connectivity index (χ1v) is 4.34. The fourth-order valence-corrected chi connectivity index (χ4v) is 1.53. The van der Waals surface area contributed by atoms with Gasteiger partial charge in [-0.15, -0.1) is 0 Å². The Labute approximate surface area is 76.5 Å². The zero-order valence-electron chi connectivity index (χ0n) is 7.51. The normalized spacial score (nSPS) is 26.4. The summed E-state index contributed by atoms with van der Waals surface area (Å²) in [5, 5.41) is 0. The van der Waals surface area contributed by atoms with Gasteiger partial charge in [0, 0.05) is 6.42 Å². The van der Waals surface area contributed by atoms with Crippen LogP contribution in [0.2, 0.25) is 0 Å². The molecule has 1 aliphatic heterocycles. The number of rotatable bonds is 0. The van der Waals surface area contributed by atoms with E-state index in [4.69, 9.17) is 10.5 Å². The van der Waals surface area contributed by atoms with Gasteiger partial charge in [0.15, 0.2) is 17.3 Å². The first kappa shape index (κ1) is 8.51. The highest BCUT2D eigenvalue weighted by Crippen LogP contribution is 2.32. The minimum Gasteiger partial charge on any atom is -0.470 e. The fraction of sp³-hybridized carbons (Fsp3) is 0.400. The second-order valence-corrected chi connectivity index (χ2v) is 3.64. The van der Waals surface area contributed by atoms with Crippen molar-refractivity contribution in [1.29, 1.82) is 0 Å². The maximum Gasteiger partial charge on any atom is 0.165 e. The number of fused-ring (bicyclic) bond motifs is 1. The van der Waals surface area contributed by atoms with Crippen LogP contribution in [0.3, 0.4) is 0 Å². The van der Waals surface area contributed by atoms with E-state index >= 15 is 0 Å². The number of para-hydroxylation sites is 1. The predicted octanol–water partition coefficient (Wildman–Crippen LogP) is 1.83. The first-order valence-electron chi connectivity index (χ1n) is 4.34. The molecule has 0 aliphatic carbocycles. The zero-order chi connectivity index (χ0) is 9.47. The van der Waals surface area contributed by atoms with E-state index in [9.17, 15) is 4.39 Å². The number of benzene rings is 1. The number of nitrogens with two attached hydrogens (primary N) is 1. The Hall–Kier alpha value is -1.09.